The van der Waals surface area contributed by atoms with Crippen molar-refractivity contribution in [3.63, 3.8) is 0 Å². The van der Waals surface area contributed by atoms with Gasteiger partial charge in [0.15, 0.2) is 0 Å². The van der Waals surface area contributed by atoms with Crippen LogP contribution in [0.3, 0.4) is 0 Å². The van der Waals surface area contributed by atoms with Crippen LogP contribution in [-0.4, -0.2) is 0 Å². The van der Waals surface area contributed by atoms with Gasteiger partial charge in [0.2, 0.25) is 0 Å². The largest absolute Gasteiger partial charge is 3.00 e. The van der Waals surface area contributed by atoms with Crippen LogP contribution in [0.4, 0.5) is 0 Å². The van der Waals surface area contributed by atoms with E-state index in [2.05, 4.69) is 66.6 Å². The van der Waals surface area contributed by atoms with Gasteiger partial charge in [0.25, 0.3) is 0 Å². The maximum atomic E-state index is 5.56. The molecule has 0 aliphatic heterocycles. The van der Waals surface area contributed by atoms with Gasteiger partial charge in [-0.2, -0.15) is 0 Å². The molecule has 0 unspecified atom stereocenters. The van der Waals surface area contributed by atoms with Crippen LogP contribution in [0, 0.1) is 12.3 Å². The number of fused-ring (bicyclic) bond motifs is 3. The summed E-state index contributed by atoms with van der Waals surface area (Å²) in [7, 11) is 0. The molecule has 1 aliphatic rings. The summed E-state index contributed by atoms with van der Waals surface area (Å²) < 4.78 is 0. The number of hydrogen-bond donors (Lipinski definition) is 0. The molecule has 0 N–H and O–H groups in total. The fraction of sp³-hybridized carbons (Fsp3) is 0.0952. The molecule has 0 saturated carbocycles. The monoisotopic (exact) mass is 427 g/mol. The Morgan fingerprint density at radius 1 is 1.04 bits per heavy atom. The van der Waals surface area contributed by atoms with Gasteiger partial charge < -0.3 is 24.8 Å². The van der Waals surface area contributed by atoms with Crippen molar-refractivity contribution >= 4 is 27.1 Å². The van der Waals surface area contributed by atoms with E-state index in [4.69, 9.17) is 6.42 Å². The standard InChI is InChI=1S/C21H15.2ClH.Zr/c1-2-7-15-12-13-19-18-11-6-5-10-17(18)14-20(19)21(15)16-8-3-4-9-16;;;/h1,3-6,8,10-14H,7,9H2;2*1H;/q-1;;;+3/p-2. The van der Waals surface area contributed by atoms with Crippen molar-refractivity contribution in [1.29, 1.82) is 0 Å². The molecule has 1 radical (unpaired) electrons. The molecular weight excluding hydrogens is 414 g/mol. The van der Waals surface area contributed by atoms with Crippen LogP contribution in [0.15, 0.2) is 60.7 Å². The molecular formula is C21H15Cl2Zr. The molecule has 0 fully saturated rings. The topological polar surface area (TPSA) is 0 Å². The number of hydrogen-bond acceptors (Lipinski definition) is 0. The van der Waals surface area contributed by atoms with E-state index in [0.717, 1.165) is 6.42 Å². The third-order valence-electron chi connectivity index (χ3n) is 4.27. The summed E-state index contributed by atoms with van der Waals surface area (Å²) in [5.74, 6) is 2.80. The SMILES string of the molecule is C#CCc1ccc2c([cH-]c3ccccc32)c1C1=CC=CC1.[Cl-].[Cl-].[Zr+3]. The summed E-state index contributed by atoms with van der Waals surface area (Å²) in [4.78, 5) is 0. The van der Waals surface area contributed by atoms with E-state index in [9.17, 15) is 0 Å². The van der Waals surface area contributed by atoms with E-state index in [1.54, 1.807) is 0 Å². The van der Waals surface area contributed by atoms with Crippen LogP contribution in [-0.2, 0) is 32.6 Å². The Morgan fingerprint density at radius 3 is 2.54 bits per heavy atom. The molecule has 0 saturated heterocycles. The number of allylic oxidation sites excluding steroid dienone is 4. The zero-order valence-corrected chi connectivity index (χ0v) is 17.0. The maximum Gasteiger partial charge on any atom is 3.00 e. The van der Waals surface area contributed by atoms with Crippen molar-refractivity contribution in [1.82, 2.24) is 0 Å². The Labute approximate surface area is 174 Å². The van der Waals surface area contributed by atoms with Gasteiger partial charge in [-0.25, -0.2) is 0 Å². The first-order chi connectivity index (χ1) is 10.4. The number of rotatable bonds is 2. The van der Waals surface area contributed by atoms with E-state index in [-0.39, 0.29) is 51.0 Å². The minimum atomic E-state index is 0. The Morgan fingerprint density at radius 2 is 1.83 bits per heavy atom. The molecule has 117 valence electrons. The van der Waals surface area contributed by atoms with Gasteiger partial charge in [-0.15, -0.1) is 46.0 Å². The van der Waals surface area contributed by atoms with Gasteiger partial charge in [-0.05, 0) is 6.42 Å². The number of benzene rings is 2. The summed E-state index contributed by atoms with van der Waals surface area (Å²) >= 11 is 0. The fourth-order valence-electron chi connectivity index (χ4n) is 3.34. The fourth-order valence-corrected chi connectivity index (χ4v) is 3.34. The van der Waals surface area contributed by atoms with Crippen molar-refractivity contribution in [3.8, 4) is 12.3 Å². The van der Waals surface area contributed by atoms with Crippen molar-refractivity contribution in [2.45, 2.75) is 12.8 Å². The quantitative estimate of drug-likeness (QED) is 0.371. The molecule has 3 heteroatoms. The van der Waals surface area contributed by atoms with Crippen molar-refractivity contribution in [3.05, 3.63) is 71.8 Å². The molecule has 3 aromatic rings. The molecule has 1 aliphatic carbocycles. The average Bonchev–Trinajstić information content (AvgIpc) is 3.14. The summed E-state index contributed by atoms with van der Waals surface area (Å²) in [5, 5.41) is 5.29. The molecule has 0 bridgehead atoms. The predicted octanol–water partition coefficient (Wildman–Crippen LogP) is -0.764. The first kappa shape index (κ1) is 20.9. The van der Waals surface area contributed by atoms with Crippen LogP contribution in [0.5, 0.6) is 0 Å². The predicted molar refractivity (Wildman–Crippen MR) is 91.3 cm³/mol. The minimum Gasteiger partial charge on any atom is -1.00 e. The van der Waals surface area contributed by atoms with Crippen LogP contribution in [0.2, 0.25) is 0 Å². The molecule has 0 atom stereocenters. The second-order valence-electron chi connectivity index (χ2n) is 5.50. The Hall–Kier alpha value is -1.19. The Bertz CT molecular complexity index is 955. The first-order valence-electron chi connectivity index (χ1n) is 7.28. The molecule has 0 heterocycles. The molecule has 4 rings (SSSR count). The van der Waals surface area contributed by atoms with E-state index in [1.807, 2.05) is 0 Å². The second-order valence-corrected chi connectivity index (χ2v) is 5.50. The second kappa shape index (κ2) is 8.78. The van der Waals surface area contributed by atoms with Crippen molar-refractivity contribution in [2.24, 2.45) is 0 Å². The van der Waals surface area contributed by atoms with Crippen LogP contribution in [0.25, 0.3) is 27.1 Å². The Kier molecular flexibility index (Phi) is 7.63. The normalized spacial score (nSPS) is 12.0. The number of halogens is 2. The van der Waals surface area contributed by atoms with Gasteiger partial charge in [0.05, 0.1) is 0 Å². The average molecular weight is 429 g/mol. The number of terminal acetylenes is 1. The summed E-state index contributed by atoms with van der Waals surface area (Å²) in [5.41, 5.74) is 3.98. The summed E-state index contributed by atoms with van der Waals surface area (Å²) in [6, 6.07) is 15.3. The molecule has 3 aromatic carbocycles. The van der Waals surface area contributed by atoms with Crippen LogP contribution >= 0.6 is 0 Å². The van der Waals surface area contributed by atoms with Crippen molar-refractivity contribution < 1.29 is 51.0 Å². The molecule has 0 spiro atoms. The molecule has 24 heavy (non-hydrogen) atoms. The van der Waals surface area contributed by atoms with Gasteiger partial charge in [0.1, 0.15) is 0 Å². The molecule has 0 aromatic heterocycles. The third-order valence-corrected chi connectivity index (χ3v) is 4.27. The van der Waals surface area contributed by atoms with Gasteiger partial charge in [0, 0.05) is 6.42 Å². The smallest absolute Gasteiger partial charge is 1.00 e. The Balaban J connectivity index is 0.000000960. The van der Waals surface area contributed by atoms with Crippen LogP contribution in [0.1, 0.15) is 17.5 Å². The molecule has 0 amide bonds. The first-order valence-corrected chi connectivity index (χ1v) is 7.28. The molecule has 0 nitrogen and oxygen atoms in total. The van der Waals surface area contributed by atoms with Gasteiger partial charge in [-0.1, -0.05) is 65.3 Å². The van der Waals surface area contributed by atoms with Crippen molar-refractivity contribution in [2.75, 3.05) is 0 Å². The van der Waals surface area contributed by atoms with E-state index in [1.165, 1.54) is 38.2 Å². The van der Waals surface area contributed by atoms with Crippen LogP contribution < -0.4 is 24.8 Å². The van der Waals surface area contributed by atoms with Gasteiger partial charge in [-0.3, -0.25) is 0 Å². The van der Waals surface area contributed by atoms with E-state index in [0.29, 0.717) is 6.42 Å². The third kappa shape index (κ3) is 3.43. The van der Waals surface area contributed by atoms with Gasteiger partial charge >= 0.3 is 26.2 Å². The zero-order chi connectivity index (χ0) is 14.2. The van der Waals surface area contributed by atoms with E-state index < -0.39 is 0 Å². The minimum absolute atomic E-state index is 0. The summed E-state index contributed by atoms with van der Waals surface area (Å²) in [6.45, 7) is 0. The van der Waals surface area contributed by atoms with E-state index >= 15 is 0 Å². The maximum absolute atomic E-state index is 5.56. The zero-order valence-electron chi connectivity index (χ0n) is 13.0. The summed E-state index contributed by atoms with van der Waals surface area (Å²) in [6.07, 6.45) is 13.8.